The number of carbonyl (C=O) groups excluding carboxylic acids is 1. The third-order valence-electron chi connectivity index (χ3n) is 3.43. The van der Waals surface area contributed by atoms with Crippen LogP contribution in [0.1, 0.15) is 25.7 Å². The summed E-state index contributed by atoms with van der Waals surface area (Å²) in [4.78, 5) is 13.9. The zero-order chi connectivity index (χ0) is 12.1. The van der Waals surface area contributed by atoms with Crippen molar-refractivity contribution in [3.8, 4) is 0 Å². The summed E-state index contributed by atoms with van der Waals surface area (Å²) in [6, 6.07) is 9.83. The van der Waals surface area contributed by atoms with Crippen LogP contribution >= 0.6 is 0 Å². The van der Waals surface area contributed by atoms with E-state index in [0.29, 0.717) is 12.3 Å². The Hall–Kier alpha value is -1.35. The van der Waals surface area contributed by atoms with E-state index in [1.165, 1.54) is 0 Å². The van der Waals surface area contributed by atoms with Gasteiger partial charge in [-0.1, -0.05) is 18.2 Å². The minimum Gasteiger partial charge on any atom is -0.396 e. The molecule has 0 aliphatic carbocycles. The van der Waals surface area contributed by atoms with Gasteiger partial charge in [0.2, 0.25) is 5.91 Å². The van der Waals surface area contributed by atoms with Crippen LogP contribution < -0.4 is 4.90 Å². The average Bonchev–Trinajstić information content (AvgIpc) is 2.54. The minimum absolute atomic E-state index is 0.205. The largest absolute Gasteiger partial charge is 0.396 e. The summed E-state index contributed by atoms with van der Waals surface area (Å²) in [7, 11) is 0. The molecule has 0 bridgehead atoms. The van der Waals surface area contributed by atoms with Crippen molar-refractivity contribution >= 4 is 11.6 Å². The van der Waals surface area contributed by atoms with Gasteiger partial charge in [-0.05, 0) is 37.3 Å². The van der Waals surface area contributed by atoms with Crippen LogP contribution in [0.15, 0.2) is 30.3 Å². The number of aliphatic hydroxyl groups is 1. The third-order valence-corrected chi connectivity index (χ3v) is 3.43. The van der Waals surface area contributed by atoms with Crippen LogP contribution in [0.25, 0.3) is 0 Å². The SMILES string of the molecule is O=C1CCC(CCO)CCN1c1ccccc1. The number of anilines is 1. The fourth-order valence-corrected chi connectivity index (χ4v) is 2.40. The molecule has 3 nitrogen and oxygen atoms in total. The van der Waals surface area contributed by atoms with E-state index >= 15 is 0 Å². The number of hydrogen-bond acceptors (Lipinski definition) is 2. The fourth-order valence-electron chi connectivity index (χ4n) is 2.40. The molecule has 1 aromatic rings. The van der Waals surface area contributed by atoms with Crippen molar-refractivity contribution in [2.24, 2.45) is 5.92 Å². The Morgan fingerprint density at radius 2 is 2.00 bits per heavy atom. The standard InChI is InChI=1S/C14H19NO2/c16-11-9-12-6-7-14(17)15(10-8-12)13-4-2-1-3-5-13/h1-5,12,16H,6-11H2. The molecule has 1 amide bonds. The maximum Gasteiger partial charge on any atom is 0.226 e. The van der Waals surface area contributed by atoms with Crippen LogP contribution in [-0.4, -0.2) is 24.2 Å². The molecule has 2 rings (SSSR count). The molecule has 1 fully saturated rings. The minimum atomic E-state index is 0.205. The number of aliphatic hydroxyl groups excluding tert-OH is 1. The molecule has 1 atom stereocenters. The Bertz CT molecular complexity index is 364. The van der Waals surface area contributed by atoms with Gasteiger partial charge in [0.25, 0.3) is 0 Å². The number of carbonyl (C=O) groups is 1. The van der Waals surface area contributed by atoms with Gasteiger partial charge < -0.3 is 10.0 Å². The molecule has 0 aromatic heterocycles. The van der Waals surface area contributed by atoms with Gasteiger partial charge in [-0.25, -0.2) is 0 Å². The highest BCUT2D eigenvalue weighted by molar-refractivity contribution is 5.93. The normalized spacial score (nSPS) is 21.4. The number of benzene rings is 1. The molecular weight excluding hydrogens is 214 g/mol. The second-order valence-corrected chi connectivity index (χ2v) is 4.59. The molecule has 17 heavy (non-hydrogen) atoms. The Balaban J connectivity index is 2.06. The van der Waals surface area contributed by atoms with Crippen molar-refractivity contribution in [1.82, 2.24) is 0 Å². The predicted octanol–water partition coefficient (Wildman–Crippen LogP) is 2.20. The Labute approximate surface area is 102 Å². The molecule has 1 aliphatic rings. The second kappa shape index (κ2) is 5.82. The molecule has 1 aliphatic heterocycles. The quantitative estimate of drug-likeness (QED) is 0.869. The van der Waals surface area contributed by atoms with E-state index in [2.05, 4.69) is 0 Å². The number of para-hydroxylation sites is 1. The molecule has 1 aromatic carbocycles. The highest BCUT2D eigenvalue weighted by Gasteiger charge is 2.22. The summed E-state index contributed by atoms with van der Waals surface area (Å²) >= 11 is 0. The predicted molar refractivity (Wildman–Crippen MR) is 67.8 cm³/mol. The smallest absolute Gasteiger partial charge is 0.226 e. The van der Waals surface area contributed by atoms with Crippen molar-refractivity contribution in [2.75, 3.05) is 18.1 Å². The van der Waals surface area contributed by atoms with Crippen molar-refractivity contribution in [3.63, 3.8) is 0 Å². The molecule has 1 saturated heterocycles. The molecule has 1 heterocycles. The van der Waals surface area contributed by atoms with Gasteiger partial charge in [-0.3, -0.25) is 4.79 Å². The Kier molecular flexibility index (Phi) is 4.15. The van der Waals surface area contributed by atoms with E-state index in [4.69, 9.17) is 5.11 Å². The maximum absolute atomic E-state index is 12.0. The molecule has 3 heteroatoms. The van der Waals surface area contributed by atoms with Crippen LogP contribution in [0.2, 0.25) is 0 Å². The number of hydrogen-bond donors (Lipinski definition) is 1. The zero-order valence-corrected chi connectivity index (χ0v) is 10.0. The first-order valence-electron chi connectivity index (χ1n) is 6.27. The molecule has 92 valence electrons. The first-order chi connectivity index (χ1) is 8.31. The van der Waals surface area contributed by atoms with E-state index in [-0.39, 0.29) is 12.5 Å². The summed E-state index contributed by atoms with van der Waals surface area (Å²) in [5.41, 5.74) is 0.988. The van der Waals surface area contributed by atoms with Crippen molar-refractivity contribution < 1.29 is 9.90 Å². The first-order valence-corrected chi connectivity index (χ1v) is 6.27. The van der Waals surface area contributed by atoms with Gasteiger partial charge >= 0.3 is 0 Å². The highest BCUT2D eigenvalue weighted by Crippen LogP contribution is 2.24. The molecule has 1 unspecified atom stereocenters. The van der Waals surface area contributed by atoms with Gasteiger partial charge in [-0.2, -0.15) is 0 Å². The van der Waals surface area contributed by atoms with Crippen LogP contribution in [-0.2, 0) is 4.79 Å². The van der Waals surface area contributed by atoms with Crippen LogP contribution in [0.3, 0.4) is 0 Å². The molecule has 1 N–H and O–H groups in total. The number of nitrogens with zero attached hydrogens (tertiary/aromatic N) is 1. The number of rotatable bonds is 3. The first kappa shape index (κ1) is 12.1. The highest BCUT2D eigenvalue weighted by atomic mass is 16.3. The van der Waals surface area contributed by atoms with Gasteiger partial charge in [-0.15, -0.1) is 0 Å². The fraction of sp³-hybridized carbons (Fsp3) is 0.500. The third kappa shape index (κ3) is 3.07. The van der Waals surface area contributed by atoms with Gasteiger partial charge in [0, 0.05) is 25.3 Å². The van der Waals surface area contributed by atoms with E-state index in [0.717, 1.165) is 31.5 Å². The molecule has 0 saturated carbocycles. The second-order valence-electron chi connectivity index (χ2n) is 4.59. The van der Waals surface area contributed by atoms with Crippen molar-refractivity contribution in [3.05, 3.63) is 30.3 Å². The van der Waals surface area contributed by atoms with E-state index < -0.39 is 0 Å². The summed E-state index contributed by atoms with van der Waals surface area (Å²) in [6.45, 7) is 0.998. The zero-order valence-electron chi connectivity index (χ0n) is 10.0. The van der Waals surface area contributed by atoms with Gasteiger partial charge in [0.1, 0.15) is 0 Å². The Morgan fingerprint density at radius 3 is 2.71 bits per heavy atom. The monoisotopic (exact) mass is 233 g/mol. The van der Waals surface area contributed by atoms with Crippen molar-refractivity contribution in [2.45, 2.75) is 25.7 Å². The van der Waals surface area contributed by atoms with Gasteiger partial charge in [0.05, 0.1) is 0 Å². The number of amides is 1. The average molecular weight is 233 g/mol. The van der Waals surface area contributed by atoms with E-state index in [9.17, 15) is 4.79 Å². The topological polar surface area (TPSA) is 40.5 Å². The Morgan fingerprint density at radius 1 is 1.24 bits per heavy atom. The molecular formula is C14H19NO2. The lowest BCUT2D eigenvalue weighted by molar-refractivity contribution is -0.118. The summed E-state index contributed by atoms with van der Waals surface area (Å²) in [5, 5.41) is 8.96. The summed E-state index contributed by atoms with van der Waals surface area (Å²) in [6.07, 6.45) is 3.30. The lowest BCUT2D eigenvalue weighted by atomic mass is 9.97. The summed E-state index contributed by atoms with van der Waals surface area (Å²) < 4.78 is 0. The van der Waals surface area contributed by atoms with E-state index in [1.54, 1.807) is 0 Å². The van der Waals surface area contributed by atoms with Gasteiger partial charge in [0.15, 0.2) is 0 Å². The van der Waals surface area contributed by atoms with E-state index in [1.807, 2.05) is 35.2 Å². The lowest BCUT2D eigenvalue weighted by Gasteiger charge is -2.20. The summed E-state index contributed by atoms with van der Waals surface area (Å²) in [5.74, 6) is 0.689. The van der Waals surface area contributed by atoms with Crippen LogP contribution in [0.5, 0.6) is 0 Å². The molecule has 0 radical (unpaired) electrons. The maximum atomic E-state index is 12.0. The van der Waals surface area contributed by atoms with Crippen molar-refractivity contribution in [1.29, 1.82) is 0 Å². The molecule has 0 spiro atoms. The van der Waals surface area contributed by atoms with Crippen LogP contribution in [0, 0.1) is 5.92 Å². The van der Waals surface area contributed by atoms with Crippen LogP contribution in [0.4, 0.5) is 5.69 Å². The lowest BCUT2D eigenvalue weighted by Crippen LogP contribution is -2.29.